The first-order chi connectivity index (χ1) is 8.77. The van der Waals surface area contributed by atoms with E-state index in [2.05, 4.69) is 64.7 Å². The highest BCUT2D eigenvalue weighted by Crippen LogP contribution is 2.29. The molecular formula is C18H26Si. The average Bonchev–Trinajstić information content (AvgIpc) is 2.73. The van der Waals surface area contributed by atoms with Gasteiger partial charge in [0.1, 0.15) is 0 Å². The second-order valence-electron chi connectivity index (χ2n) is 6.96. The first-order valence-corrected chi connectivity index (χ1v) is 10.7. The zero-order chi connectivity index (χ0) is 14.2. The zero-order valence-electron chi connectivity index (χ0n) is 13.2. The van der Waals surface area contributed by atoms with E-state index in [0.717, 1.165) is 12.8 Å². The summed E-state index contributed by atoms with van der Waals surface area (Å²) in [6.45, 7) is 14.0. The molecule has 0 saturated heterocycles. The van der Waals surface area contributed by atoms with E-state index in [4.69, 9.17) is 0 Å². The minimum Gasteiger partial charge on any atom is -0.0812 e. The van der Waals surface area contributed by atoms with Gasteiger partial charge in [-0.05, 0) is 50.3 Å². The lowest BCUT2D eigenvalue weighted by Gasteiger charge is -2.15. The summed E-state index contributed by atoms with van der Waals surface area (Å²) in [5.74, 6) is 0. The molecule has 19 heavy (non-hydrogen) atoms. The fourth-order valence-corrected chi connectivity index (χ4v) is 4.13. The SMILES string of the molecule is Cc1cc(C)c(C)c(CC2=CC([Si](C)(C)C)=CC2)c1. The Kier molecular flexibility index (Phi) is 3.87. The van der Waals surface area contributed by atoms with Crippen molar-refractivity contribution >= 4 is 8.07 Å². The van der Waals surface area contributed by atoms with E-state index in [9.17, 15) is 0 Å². The fraction of sp³-hybridized carbons (Fsp3) is 0.444. The van der Waals surface area contributed by atoms with Crippen molar-refractivity contribution in [1.82, 2.24) is 0 Å². The smallest absolute Gasteiger partial charge is 0.0771 e. The Morgan fingerprint density at radius 3 is 2.32 bits per heavy atom. The lowest BCUT2D eigenvalue weighted by atomic mass is 9.95. The molecule has 0 nitrogen and oxygen atoms in total. The van der Waals surface area contributed by atoms with Crippen molar-refractivity contribution in [2.75, 3.05) is 0 Å². The van der Waals surface area contributed by atoms with Gasteiger partial charge < -0.3 is 0 Å². The molecule has 0 fully saturated rings. The van der Waals surface area contributed by atoms with Crippen LogP contribution < -0.4 is 0 Å². The van der Waals surface area contributed by atoms with Gasteiger partial charge in [0.15, 0.2) is 0 Å². The van der Waals surface area contributed by atoms with Crippen LogP contribution in [0, 0.1) is 20.8 Å². The topological polar surface area (TPSA) is 0 Å². The Bertz CT molecular complexity index is 554. The highest BCUT2D eigenvalue weighted by atomic mass is 28.3. The van der Waals surface area contributed by atoms with E-state index < -0.39 is 8.07 Å². The van der Waals surface area contributed by atoms with Gasteiger partial charge in [-0.25, -0.2) is 0 Å². The molecule has 0 N–H and O–H groups in total. The van der Waals surface area contributed by atoms with Crippen molar-refractivity contribution in [2.45, 2.75) is 53.3 Å². The summed E-state index contributed by atoms with van der Waals surface area (Å²) in [7, 11) is -1.13. The van der Waals surface area contributed by atoms with Crippen LogP contribution in [0.3, 0.4) is 0 Å². The van der Waals surface area contributed by atoms with E-state index >= 15 is 0 Å². The molecule has 2 rings (SSSR count). The van der Waals surface area contributed by atoms with Crippen LogP contribution in [0.15, 0.2) is 35.1 Å². The van der Waals surface area contributed by atoms with Gasteiger partial charge in [-0.1, -0.05) is 60.3 Å². The average molecular weight is 270 g/mol. The number of benzene rings is 1. The van der Waals surface area contributed by atoms with E-state index in [0.29, 0.717) is 0 Å². The van der Waals surface area contributed by atoms with Gasteiger partial charge >= 0.3 is 0 Å². The van der Waals surface area contributed by atoms with Crippen molar-refractivity contribution in [3.63, 3.8) is 0 Å². The Morgan fingerprint density at radius 2 is 1.74 bits per heavy atom. The zero-order valence-corrected chi connectivity index (χ0v) is 14.2. The van der Waals surface area contributed by atoms with E-state index in [1.807, 2.05) is 0 Å². The third kappa shape index (κ3) is 3.27. The van der Waals surface area contributed by atoms with Crippen molar-refractivity contribution in [2.24, 2.45) is 0 Å². The number of aryl methyl sites for hydroxylation is 2. The molecule has 0 amide bonds. The van der Waals surface area contributed by atoms with E-state index in [-0.39, 0.29) is 0 Å². The van der Waals surface area contributed by atoms with Crippen LogP contribution in [0.25, 0.3) is 0 Å². The van der Waals surface area contributed by atoms with Crippen LogP contribution in [0.5, 0.6) is 0 Å². The van der Waals surface area contributed by atoms with Gasteiger partial charge in [-0.2, -0.15) is 0 Å². The third-order valence-electron chi connectivity index (χ3n) is 4.15. The maximum absolute atomic E-state index is 2.48. The molecule has 0 aromatic heterocycles. The molecule has 0 atom stereocenters. The van der Waals surface area contributed by atoms with Gasteiger partial charge in [-0.3, -0.25) is 0 Å². The van der Waals surface area contributed by atoms with E-state index in [1.165, 1.54) is 22.3 Å². The minimum absolute atomic E-state index is 1.12. The molecule has 1 aromatic carbocycles. The molecule has 0 unspecified atom stereocenters. The number of hydrogen-bond acceptors (Lipinski definition) is 0. The van der Waals surface area contributed by atoms with Gasteiger partial charge in [-0.15, -0.1) is 0 Å². The summed E-state index contributed by atoms with van der Waals surface area (Å²) >= 11 is 0. The molecule has 0 aliphatic heterocycles. The maximum Gasteiger partial charge on any atom is 0.0771 e. The normalized spacial score (nSPS) is 15.5. The predicted molar refractivity (Wildman–Crippen MR) is 88.5 cm³/mol. The first kappa shape index (κ1) is 14.3. The van der Waals surface area contributed by atoms with Gasteiger partial charge in [0.25, 0.3) is 0 Å². The Hall–Kier alpha value is -1.08. The molecule has 0 heterocycles. The van der Waals surface area contributed by atoms with Crippen molar-refractivity contribution in [1.29, 1.82) is 0 Å². The van der Waals surface area contributed by atoms with Gasteiger partial charge in [0.2, 0.25) is 0 Å². The summed E-state index contributed by atoms with van der Waals surface area (Å²) in [6.07, 6.45) is 7.22. The minimum atomic E-state index is -1.13. The standard InChI is InChI=1S/C18H26Si/c1-13-9-14(2)15(3)17(10-13)11-16-7-8-18(12-16)19(4,5)6/h8-10,12H,7,11H2,1-6H3. The van der Waals surface area contributed by atoms with Crippen molar-refractivity contribution in [3.05, 3.63) is 57.3 Å². The van der Waals surface area contributed by atoms with Gasteiger partial charge in [0.05, 0.1) is 8.07 Å². The maximum atomic E-state index is 2.48. The van der Waals surface area contributed by atoms with Crippen LogP contribution in [0.4, 0.5) is 0 Å². The molecule has 0 bridgehead atoms. The number of allylic oxidation sites excluding steroid dienone is 4. The summed E-state index contributed by atoms with van der Waals surface area (Å²) in [4.78, 5) is 0. The predicted octanol–water partition coefficient (Wildman–Crippen LogP) is 5.29. The summed E-state index contributed by atoms with van der Waals surface area (Å²) < 4.78 is 0. The molecule has 0 saturated carbocycles. The first-order valence-electron chi connectivity index (χ1n) is 7.24. The quantitative estimate of drug-likeness (QED) is 0.655. The van der Waals surface area contributed by atoms with Crippen LogP contribution in [0.2, 0.25) is 19.6 Å². The van der Waals surface area contributed by atoms with Crippen LogP contribution in [-0.2, 0) is 6.42 Å². The molecular weight excluding hydrogens is 244 g/mol. The third-order valence-corrected chi connectivity index (χ3v) is 6.23. The number of hydrogen-bond donors (Lipinski definition) is 0. The highest BCUT2D eigenvalue weighted by molar-refractivity contribution is 6.83. The second kappa shape index (κ2) is 5.13. The lowest BCUT2D eigenvalue weighted by molar-refractivity contribution is 1.05. The van der Waals surface area contributed by atoms with Crippen LogP contribution in [0.1, 0.15) is 28.7 Å². The van der Waals surface area contributed by atoms with Crippen LogP contribution >= 0.6 is 0 Å². The molecule has 0 spiro atoms. The summed E-state index contributed by atoms with van der Waals surface area (Å²) in [5.41, 5.74) is 7.37. The summed E-state index contributed by atoms with van der Waals surface area (Å²) in [6, 6.07) is 4.64. The summed E-state index contributed by atoms with van der Waals surface area (Å²) in [5, 5.41) is 1.63. The molecule has 102 valence electrons. The molecule has 1 aliphatic carbocycles. The van der Waals surface area contributed by atoms with Crippen molar-refractivity contribution < 1.29 is 0 Å². The Labute approximate surface area is 119 Å². The molecule has 1 heteroatoms. The van der Waals surface area contributed by atoms with E-state index in [1.54, 1.807) is 10.8 Å². The van der Waals surface area contributed by atoms with Gasteiger partial charge in [0, 0.05) is 0 Å². The Morgan fingerprint density at radius 1 is 1.05 bits per heavy atom. The molecule has 1 aliphatic rings. The lowest BCUT2D eigenvalue weighted by Crippen LogP contribution is -2.21. The molecule has 1 aromatic rings. The highest BCUT2D eigenvalue weighted by Gasteiger charge is 2.21. The largest absolute Gasteiger partial charge is 0.0812 e. The fourth-order valence-electron chi connectivity index (χ4n) is 2.78. The van der Waals surface area contributed by atoms with Crippen LogP contribution in [-0.4, -0.2) is 8.07 Å². The second-order valence-corrected chi connectivity index (χ2v) is 12.0. The monoisotopic (exact) mass is 270 g/mol. The molecule has 0 radical (unpaired) electrons. The Balaban J connectivity index is 2.21. The number of rotatable bonds is 3. The van der Waals surface area contributed by atoms with Crippen molar-refractivity contribution in [3.8, 4) is 0 Å².